The highest BCUT2D eigenvalue weighted by Crippen LogP contribution is 2.24. The van der Waals surface area contributed by atoms with Gasteiger partial charge in [-0.05, 0) is 26.8 Å². The van der Waals surface area contributed by atoms with E-state index in [9.17, 15) is 4.79 Å². The van der Waals surface area contributed by atoms with Gasteiger partial charge in [-0.2, -0.15) is 0 Å². The van der Waals surface area contributed by atoms with Crippen molar-refractivity contribution in [1.82, 2.24) is 15.5 Å². The summed E-state index contributed by atoms with van der Waals surface area (Å²) < 4.78 is 0. The normalized spacial score (nSPS) is 18.3. The highest BCUT2D eigenvalue weighted by Gasteiger charge is 2.25. The zero-order chi connectivity index (χ0) is 10.6. The lowest BCUT2D eigenvalue weighted by Gasteiger charge is -2.18. The van der Waals surface area contributed by atoms with Gasteiger partial charge in [0.25, 0.3) is 0 Å². The molecule has 1 unspecified atom stereocenters. The molecule has 0 spiro atoms. The maximum Gasteiger partial charge on any atom is 0.236 e. The summed E-state index contributed by atoms with van der Waals surface area (Å²) in [6.45, 7) is 3.78. The first kappa shape index (κ1) is 11.5. The Balaban J connectivity index is 2.04. The van der Waals surface area contributed by atoms with Crippen LogP contribution in [0.1, 0.15) is 19.8 Å². The maximum absolute atomic E-state index is 11.1. The average molecular weight is 199 g/mol. The molecule has 0 saturated heterocycles. The van der Waals surface area contributed by atoms with Gasteiger partial charge >= 0.3 is 0 Å². The number of carbonyl (C=O) groups excluding carboxylic acids is 1. The van der Waals surface area contributed by atoms with E-state index in [1.54, 1.807) is 7.05 Å². The molecule has 0 radical (unpaired) electrons. The second-order valence-corrected chi connectivity index (χ2v) is 4.00. The SMILES string of the molecule is CNC(=O)C(C)NCCN(C)C1CC1. The van der Waals surface area contributed by atoms with Crippen LogP contribution in [0.3, 0.4) is 0 Å². The third-order valence-corrected chi connectivity index (χ3v) is 2.72. The van der Waals surface area contributed by atoms with Crippen molar-refractivity contribution in [2.24, 2.45) is 0 Å². The van der Waals surface area contributed by atoms with E-state index >= 15 is 0 Å². The molecular weight excluding hydrogens is 178 g/mol. The molecule has 82 valence electrons. The quantitative estimate of drug-likeness (QED) is 0.623. The van der Waals surface area contributed by atoms with Gasteiger partial charge in [-0.3, -0.25) is 4.79 Å². The van der Waals surface area contributed by atoms with Crippen LogP contribution in [-0.2, 0) is 4.79 Å². The number of hydrogen-bond acceptors (Lipinski definition) is 3. The molecule has 0 aromatic rings. The number of hydrogen-bond donors (Lipinski definition) is 2. The van der Waals surface area contributed by atoms with Crippen molar-refractivity contribution < 1.29 is 4.79 Å². The Labute approximate surface area is 86.0 Å². The Morgan fingerprint density at radius 1 is 1.57 bits per heavy atom. The number of rotatable bonds is 6. The molecule has 1 aliphatic carbocycles. The Kier molecular flexibility index (Phi) is 4.35. The Morgan fingerprint density at radius 3 is 2.71 bits per heavy atom. The summed E-state index contributed by atoms with van der Waals surface area (Å²) >= 11 is 0. The summed E-state index contributed by atoms with van der Waals surface area (Å²) in [6.07, 6.45) is 2.67. The number of nitrogens with zero attached hydrogens (tertiary/aromatic N) is 1. The molecule has 0 aromatic carbocycles. The minimum atomic E-state index is -0.0902. The molecule has 1 amide bonds. The monoisotopic (exact) mass is 199 g/mol. The molecule has 1 rings (SSSR count). The van der Waals surface area contributed by atoms with E-state index in [0.29, 0.717) is 0 Å². The minimum Gasteiger partial charge on any atom is -0.358 e. The van der Waals surface area contributed by atoms with E-state index in [-0.39, 0.29) is 11.9 Å². The van der Waals surface area contributed by atoms with Crippen LogP contribution in [0.4, 0.5) is 0 Å². The fraction of sp³-hybridized carbons (Fsp3) is 0.900. The fourth-order valence-electron chi connectivity index (χ4n) is 1.46. The van der Waals surface area contributed by atoms with Gasteiger partial charge in [0.1, 0.15) is 0 Å². The van der Waals surface area contributed by atoms with Crippen LogP contribution in [0.2, 0.25) is 0 Å². The number of amides is 1. The highest BCUT2D eigenvalue weighted by molar-refractivity contribution is 5.80. The first-order valence-electron chi connectivity index (χ1n) is 5.30. The molecule has 0 aromatic heterocycles. The largest absolute Gasteiger partial charge is 0.358 e. The number of nitrogens with one attached hydrogen (secondary N) is 2. The maximum atomic E-state index is 11.1. The van der Waals surface area contributed by atoms with Gasteiger partial charge in [0.2, 0.25) is 5.91 Å². The number of likely N-dealkylation sites (N-methyl/N-ethyl adjacent to an activating group) is 2. The third-order valence-electron chi connectivity index (χ3n) is 2.72. The molecule has 1 saturated carbocycles. The summed E-state index contributed by atoms with van der Waals surface area (Å²) in [5.74, 6) is 0.0547. The van der Waals surface area contributed by atoms with Crippen molar-refractivity contribution in [2.45, 2.75) is 31.8 Å². The predicted molar refractivity (Wildman–Crippen MR) is 57.2 cm³/mol. The molecule has 1 aliphatic rings. The van der Waals surface area contributed by atoms with Gasteiger partial charge in [-0.15, -0.1) is 0 Å². The van der Waals surface area contributed by atoms with Crippen molar-refractivity contribution >= 4 is 5.91 Å². The lowest BCUT2D eigenvalue weighted by Crippen LogP contribution is -2.43. The molecule has 1 fully saturated rings. The fourth-order valence-corrected chi connectivity index (χ4v) is 1.46. The van der Waals surface area contributed by atoms with Crippen LogP contribution < -0.4 is 10.6 Å². The van der Waals surface area contributed by atoms with E-state index in [1.165, 1.54) is 12.8 Å². The van der Waals surface area contributed by atoms with Crippen molar-refractivity contribution in [3.8, 4) is 0 Å². The van der Waals surface area contributed by atoms with E-state index in [2.05, 4.69) is 22.6 Å². The smallest absolute Gasteiger partial charge is 0.236 e. The number of carbonyl (C=O) groups is 1. The Morgan fingerprint density at radius 2 is 2.21 bits per heavy atom. The van der Waals surface area contributed by atoms with Gasteiger partial charge in [0.15, 0.2) is 0 Å². The predicted octanol–water partition coefficient (Wildman–Crippen LogP) is -0.195. The minimum absolute atomic E-state index is 0.0547. The molecule has 0 heterocycles. The average Bonchev–Trinajstić information content (AvgIpc) is 2.99. The first-order valence-corrected chi connectivity index (χ1v) is 5.30. The molecule has 0 bridgehead atoms. The second-order valence-electron chi connectivity index (χ2n) is 4.00. The summed E-state index contributed by atoms with van der Waals surface area (Å²) in [6, 6.07) is 0.708. The molecular formula is C10H21N3O. The van der Waals surface area contributed by atoms with Crippen LogP contribution in [0.5, 0.6) is 0 Å². The second kappa shape index (κ2) is 5.32. The van der Waals surface area contributed by atoms with E-state index in [0.717, 1.165) is 19.1 Å². The van der Waals surface area contributed by atoms with Crippen LogP contribution in [0.15, 0.2) is 0 Å². The van der Waals surface area contributed by atoms with E-state index in [1.807, 2.05) is 6.92 Å². The van der Waals surface area contributed by atoms with Gasteiger partial charge in [0.05, 0.1) is 6.04 Å². The van der Waals surface area contributed by atoms with E-state index < -0.39 is 0 Å². The van der Waals surface area contributed by atoms with Crippen molar-refractivity contribution in [3.63, 3.8) is 0 Å². The molecule has 2 N–H and O–H groups in total. The van der Waals surface area contributed by atoms with Crippen LogP contribution in [-0.4, -0.2) is 50.1 Å². The summed E-state index contributed by atoms with van der Waals surface area (Å²) in [4.78, 5) is 13.5. The summed E-state index contributed by atoms with van der Waals surface area (Å²) in [5, 5.41) is 5.82. The first-order chi connectivity index (χ1) is 6.65. The molecule has 4 nitrogen and oxygen atoms in total. The van der Waals surface area contributed by atoms with Crippen molar-refractivity contribution in [2.75, 3.05) is 27.2 Å². The molecule has 4 heteroatoms. The van der Waals surface area contributed by atoms with Gasteiger partial charge in [-0.1, -0.05) is 0 Å². The van der Waals surface area contributed by atoms with Gasteiger partial charge in [0, 0.05) is 26.2 Å². The third kappa shape index (κ3) is 3.64. The standard InChI is InChI=1S/C10H21N3O/c1-8(10(14)11-2)12-6-7-13(3)9-4-5-9/h8-9,12H,4-7H2,1-3H3,(H,11,14). The molecule has 14 heavy (non-hydrogen) atoms. The summed E-state index contributed by atoms with van der Waals surface area (Å²) in [7, 11) is 3.81. The van der Waals surface area contributed by atoms with Crippen LogP contribution >= 0.6 is 0 Å². The Hall–Kier alpha value is -0.610. The molecule has 1 atom stereocenters. The van der Waals surface area contributed by atoms with Gasteiger partial charge < -0.3 is 15.5 Å². The lowest BCUT2D eigenvalue weighted by molar-refractivity contribution is -0.122. The highest BCUT2D eigenvalue weighted by atomic mass is 16.2. The van der Waals surface area contributed by atoms with Gasteiger partial charge in [-0.25, -0.2) is 0 Å². The zero-order valence-electron chi connectivity index (χ0n) is 9.34. The topological polar surface area (TPSA) is 44.4 Å². The zero-order valence-corrected chi connectivity index (χ0v) is 9.34. The lowest BCUT2D eigenvalue weighted by atomic mass is 10.3. The van der Waals surface area contributed by atoms with Crippen molar-refractivity contribution in [3.05, 3.63) is 0 Å². The summed E-state index contributed by atoms with van der Waals surface area (Å²) in [5.41, 5.74) is 0. The Bertz CT molecular complexity index is 192. The van der Waals surface area contributed by atoms with Crippen LogP contribution in [0, 0.1) is 0 Å². The molecule has 0 aliphatic heterocycles. The van der Waals surface area contributed by atoms with Crippen molar-refractivity contribution in [1.29, 1.82) is 0 Å². The van der Waals surface area contributed by atoms with E-state index in [4.69, 9.17) is 0 Å². The van der Waals surface area contributed by atoms with Crippen LogP contribution in [0.25, 0.3) is 0 Å².